The van der Waals surface area contributed by atoms with Crippen molar-refractivity contribution in [1.82, 2.24) is 9.62 Å². The van der Waals surface area contributed by atoms with Gasteiger partial charge in [-0.3, -0.25) is 4.79 Å². The molecule has 10 nitrogen and oxygen atoms in total. The third-order valence-corrected chi connectivity index (χ3v) is 13.6. The summed E-state index contributed by atoms with van der Waals surface area (Å²) in [7, 11) is 1.55. The van der Waals surface area contributed by atoms with Crippen LogP contribution in [0.3, 0.4) is 0 Å². The minimum Gasteiger partial charge on any atom is -0.487 e. The average Bonchev–Trinajstić information content (AvgIpc) is 3.11. The number of amides is 1. The molecule has 3 heterocycles. The van der Waals surface area contributed by atoms with Crippen LogP contribution in [0.1, 0.15) is 73.4 Å². The average molecular weight is 732 g/mol. The van der Waals surface area contributed by atoms with Gasteiger partial charge in [-0.1, -0.05) is 31.0 Å². The number of ether oxygens (including phenoxy) is 4. The SMILES string of the molecule is COC[C@@H]1[C@@H](C)CCC[C@H]([C@H]2OC[C@H](N(C)C)CO2)[C@@H]2CC[C@H]2CN2CCCCc3cc(Cl)ccc3COc3ccc(cc32)C(=O)NS1(=O)=O. The van der Waals surface area contributed by atoms with Gasteiger partial charge in [0.2, 0.25) is 10.0 Å². The number of carbonyl (C=O) groups excluding carboxylic acids is 1. The number of likely N-dealkylation sites (N-methyl/N-ethyl adjacent to an activating group) is 1. The Labute approximate surface area is 303 Å². The van der Waals surface area contributed by atoms with Crippen molar-refractivity contribution in [1.29, 1.82) is 0 Å². The molecule has 276 valence electrons. The minimum atomic E-state index is -4.05. The third-order valence-electron chi connectivity index (χ3n) is 11.5. The number of nitrogens with zero attached hydrogens (tertiary/aromatic N) is 2. The van der Waals surface area contributed by atoms with Crippen molar-refractivity contribution in [2.75, 3.05) is 59.0 Å². The molecule has 50 heavy (non-hydrogen) atoms. The molecule has 0 unspecified atom stereocenters. The monoisotopic (exact) mass is 731 g/mol. The number of rotatable bonds is 4. The van der Waals surface area contributed by atoms with E-state index in [1.165, 1.54) is 12.7 Å². The van der Waals surface area contributed by atoms with Crippen LogP contribution in [-0.2, 0) is 37.3 Å². The molecule has 1 amide bonds. The third kappa shape index (κ3) is 8.61. The van der Waals surface area contributed by atoms with Gasteiger partial charge in [-0.25, -0.2) is 13.1 Å². The maximum Gasteiger partial charge on any atom is 0.264 e. The van der Waals surface area contributed by atoms with Crippen LogP contribution in [0.15, 0.2) is 36.4 Å². The van der Waals surface area contributed by atoms with Crippen LogP contribution >= 0.6 is 11.6 Å². The molecule has 0 radical (unpaired) electrons. The van der Waals surface area contributed by atoms with Gasteiger partial charge in [0.25, 0.3) is 5.91 Å². The molecule has 6 rings (SSSR count). The van der Waals surface area contributed by atoms with Gasteiger partial charge in [0.1, 0.15) is 17.6 Å². The molecule has 12 heteroatoms. The van der Waals surface area contributed by atoms with E-state index in [-0.39, 0.29) is 36.3 Å². The number of sulfonamides is 1. The Hall–Kier alpha value is -2.41. The lowest BCUT2D eigenvalue weighted by molar-refractivity contribution is -0.240. The molecule has 2 fully saturated rings. The van der Waals surface area contributed by atoms with Gasteiger partial charge in [-0.15, -0.1) is 0 Å². The van der Waals surface area contributed by atoms with Crippen LogP contribution in [0.4, 0.5) is 5.69 Å². The molecular weight excluding hydrogens is 678 g/mol. The van der Waals surface area contributed by atoms with E-state index in [9.17, 15) is 13.2 Å². The number of anilines is 1. The van der Waals surface area contributed by atoms with Gasteiger partial charge in [-0.2, -0.15) is 0 Å². The van der Waals surface area contributed by atoms with E-state index >= 15 is 0 Å². The van der Waals surface area contributed by atoms with E-state index in [1.54, 1.807) is 12.1 Å². The normalized spacial score (nSPS) is 30.9. The van der Waals surface area contributed by atoms with Crippen molar-refractivity contribution in [3.63, 3.8) is 0 Å². The highest BCUT2D eigenvalue weighted by Crippen LogP contribution is 2.46. The second-order valence-corrected chi connectivity index (χ2v) is 17.3. The maximum atomic E-state index is 13.8. The Bertz CT molecular complexity index is 1580. The van der Waals surface area contributed by atoms with Crippen LogP contribution in [0.25, 0.3) is 0 Å². The summed E-state index contributed by atoms with van der Waals surface area (Å²) in [5.41, 5.74) is 3.36. The van der Waals surface area contributed by atoms with Gasteiger partial charge in [0, 0.05) is 36.7 Å². The molecule has 2 aromatic rings. The van der Waals surface area contributed by atoms with Crippen molar-refractivity contribution in [3.05, 3.63) is 58.1 Å². The first kappa shape index (κ1) is 37.4. The minimum absolute atomic E-state index is 0.00281. The van der Waals surface area contributed by atoms with E-state index in [1.807, 2.05) is 31.2 Å². The van der Waals surface area contributed by atoms with Crippen LogP contribution in [0, 0.1) is 23.7 Å². The number of nitrogens with one attached hydrogen (secondary N) is 1. The van der Waals surface area contributed by atoms with E-state index < -0.39 is 21.2 Å². The van der Waals surface area contributed by atoms with Crippen molar-refractivity contribution in [3.8, 4) is 5.75 Å². The zero-order valence-corrected chi connectivity index (χ0v) is 31.5. The van der Waals surface area contributed by atoms with Crippen molar-refractivity contribution in [2.24, 2.45) is 23.7 Å². The number of carbonyl (C=O) groups is 1. The van der Waals surface area contributed by atoms with Gasteiger partial charge in [0.15, 0.2) is 6.29 Å². The Morgan fingerprint density at radius 2 is 1.78 bits per heavy atom. The molecule has 0 aromatic heterocycles. The van der Waals surface area contributed by atoms with Crippen LogP contribution in [0.5, 0.6) is 5.75 Å². The van der Waals surface area contributed by atoms with E-state index in [2.05, 4.69) is 28.6 Å². The lowest BCUT2D eigenvalue weighted by Gasteiger charge is -2.48. The summed E-state index contributed by atoms with van der Waals surface area (Å²) in [6.07, 6.45) is 7.11. The first-order valence-corrected chi connectivity index (χ1v) is 20.2. The number of hydrogen-bond donors (Lipinski definition) is 1. The highest BCUT2D eigenvalue weighted by atomic mass is 35.5. The maximum absolute atomic E-state index is 13.8. The molecule has 1 N–H and O–H groups in total. The Balaban J connectivity index is 1.36. The van der Waals surface area contributed by atoms with Crippen LogP contribution < -0.4 is 14.4 Å². The van der Waals surface area contributed by atoms with E-state index in [0.717, 1.165) is 69.3 Å². The largest absolute Gasteiger partial charge is 0.487 e. The van der Waals surface area contributed by atoms with Crippen molar-refractivity contribution >= 4 is 33.2 Å². The molecule has 0 spiro atoms. The summed E-state index contributed by atoms with van der Waals surface area (Å²) in [6, 6.07) is 11.4. The Kier molecular flexibility index (Phi) is 12.3. The molecule has 1 saturated heterocycles. The number of fused-ring (bicyclic) bond motifs is 3. The topological polar surface area (TPSA) is 107 Å². The van der Waals surface area contributed by atoms with Gasteiger partial charge < -0.3 is 28.7 Å². The predicted octanol–water partition coefficient (Wildman–Crippen LogP) is 5.90. The molecule has 2 aromatic carbocycles. The molecule has 1 aliphatic carbocycles. The highest BCUT2D eigenvalue weighted by molar-refractivity contribution is 7.90. The molecule has 1 saturated carbocycles. The molecule has 4 aliphatic rings. The standard InChI is InChI=1S/C38H54ClN3O7S/c1-25-8-7-10-33(38-48-22-31(23-49-38)41(2)3)32-15-12-28(32)20-42-17-6-5-9-26-18-30(39)14-11-29(26)21-47-35-16-13-27(19-34(35)42)37(43)40-50(44,45)36(25)24-46-4/h11,13-14,16,18-19,25,28,31-33,36,38H,5-10,12,15,17,20-24H2,1-4H3,(H,40,43)/t25-,28-,31-,32+,33-,36+,38-/m0/s1. The number of benzene rings is 2. The fourth-order valence-corrected chi connectivity index (χ4v) is 9.99. The number of hydrogen-bond acceptors (Lipinski definition) is 9. The fourth-order valence-electron chi connectivity index (χ4n) is 8.20. The van der Waals surface area contributed by atoms with E-state index in [0.29, 0.717) is 48.8 Å². The second kappa shape index (κ2) is 16.5. The Morgan fingerprint density at radius 1 is 0.980 bits per heavy atom. The summed E-state index contributed by atoms with van der Waals surface area (Å²) in [5, 5.41) is -0.165. The van der Waals surface area contributed by atoms with Crippen LogP contribution in [-0.4, -0.2) is 90.9 Å². The zero-order valence-electron chi connectivity index (χ0n) is 29.9. The smallest absolute Gasteiger partial charge is 0.264 e. The molecule has 5 atom stereocenters. The number of halogens is 1. The Morgan fingerprint density at radius 3 is 2.50 bits per heavy atom. The summed E-state index contributed by atoms with van der Waals surface area (Å²) < 4.78 is 54.7. The quantitative estimate of drug-likeness (QED) is 0.412. The molecular formula is C38H54ClN3O7S. The molecule has 3 aliphatic heterocycles. The second-order valence-electron chi connectivity index (χ2n) is 15.0. The lowest BCUT2D eigenvalue weighted by Crippen LogP contribution is -2.50. The first-order valence-electron chi connectivity index (χ1n) is 18.3. The van der Waals surface area contributed by atoms with E-state index in [4.69, 9.17) is 30.5 Å². The number of aryl methyl sites for hydroxylation is 1. The summed E-state index contributed by atoms with van der Waals surface area (Å²) >= 11 is 6.38. The van der Waals surface area contributed by atoms with Crippen molar-refractivity contribution in [2.45, 2.75) is 82.5 Å². The fraction of sp³-hybridized carbons (Fsp3) is 0.658. The molecule has 2 bridgehead atoms. The van der Waals surface area contributed by atoms with Crippen LogP contribution in [0.2, 0.25) is 5.02 Å². The first-order chi connectivity index (χ1) is 24.0. The van der Waals surface area contributed by atoms with Gasteiger partial charge >= 0.3 is 0 Å². The predicted molar refractivity (Wildman–Crippen MR) is 195 cm³/mol. The summed E-state index contributed by atoms with van der Waals surface area (Å²) in [5.74, 6) is 0.799. The lowest BCUT2D eigenvalue weighted by atomic mass is 9.65. The summed E-state index contributed by atoms with van der Waals surface area (Å²) in [4.78, 5) is 18.2. The summed E-state index contributed by atoms with van der Waals surface area (Å²) in [6.45, 7) is 5.14. The van der Waals surface area contributed by atoms with Crippen molar-refractivity contribution < 1.29 is 32.2 Å². The highest BCUT2D eigenvalue weighted by Gasteiger charge is 2.44. The number of methoxy groups -OCH3 is 1. The van der Waals surface area contributed by atoms with Gasteiger partial charge in [-0.05, 0) is 118 Å². The zero-order chi connectivity index (χ0) is 35.4. The van der Waals surface area contributed by atoms with Gasteiger partial charge in [0.05, 0.1) is 31.5 Å².